The van der Waals surface area contributed by atoms with E-state index in [4.69, 9.17) is 16.7 Å². The van der Waals surface area contributed by atoms with Crippen LogP contribution in [0.5, 0.6) is 5.75 Å². The minimum atomic E-state index is -4.61. The van der Waals surface area contributed by atoms with Crippen LogP contribution in [0.2, 0.25) is 5.02 Å². The zero-order valence-corrected chi connectivity index (χ0v) is 12.8. The predicted molar refractivity (Wildman–Crippen MR) is 74.0 cm³/mol. The summed E-state index contributed by atoms with van der Waals surface area (Å²) in [5.41, 5.74) is 0.466. The molecule has 4 nitrogen and oxygen atoms in total. The Balaban J connectivity index is 2.09. The lowest BCUT2D eigenvalue weighted by Gasteiger charge is -2.18. The lowest BCUT2D eigenvalue weighted by atomic mass is 9.96. The van der Waals surface area contributed by atoms with Crippen molar-refractivity contribution in [1.29, 1.82) is 0 Å². The Hall–Kier alpha value is -1.61. The molecule has 0 spiro atoms. The van der Waals surface area contributed by atoms with Gasteiger partial charge in [-0.2, -0.15) is 22.0 Å². The summed E-state index contributed by atoms with van der Waals surface area (Å²) in [7, 11) is 0. The monoisotopic (exact) mass is 373 g/mol. The highest BCUT2D eigenvalue weighted by molar-refractivity contribution is 6.32. The number of ether oxygens (including phenoxy) is 1. The zero-order valence-electron chi connectivity index (χ0n) is 12.1. The van der Waals surface area contributed by atoms with Crippen LogP contribution >= 0.6 is 11.6 Å². The first-order valence-corrected chi connectivity index (χ1v) is 7.21. The number of nitrogens with zero attached hydrogens (tertiary/aromatic N) is 1. The largest absolute Gasteiger partial charge is 0.481 e. The van der Waals surface area contributed by atoms with E-state index in [2.05, 4.69) is 4.74 Å². The van der Waals surface area contributed by atoms with Gasteiger partial charge in [-0.1, -0.05) is 17.7 Å². The van der Waals surface area contributed by atoms with E-state index in [1.54, 1.807) is 0 Å². The number of carbonyl (C=O) groups is 1. The summed E-state index contributed by atoms with van der Waals surface area (Å²) in [4.78, 5) is 12.4. The number of alkyl halides is 5. The first kappa shape index (κ1) is 18.7. The molecule has 0 saturated carbocycles. The van der Waals surface area contributed by atoms with Gasteiger partial charge in [-0.3, -0.25) is 9.69 Å². The molecule has 10 heteroatoms. The summed E-state index contributed by atoms with van der Waals surface area (Å²) < 4.78 is 67.2. The van der Waals surface area contributed by atoms with Gasteiger partial charge >= 0.3 is 18.8 Å². The third-order valence-corrected chi connectivity index (χ3v) is 4.05. The van der Waals surface area contributed by atoms with E-state index >= 15 is 0 Å². The van der Waals surface area contributed by atoms with Gasteiger partial charge in [-0.05, 0) is 17.7 Å². The number of carboxylic acids is 1. The SMILES string of the molecule is O=C(O)[C@@H]1CN(Cc2ccc(OC(F)F)c(Cl)c2)C[C@H]1C(F)(F)F. The van der Waals surface area contributed by atoms with Gasteiger partial charge in [0.15, 0.2) is 0 Å². The third-order valence-electron chi connectivity index (χ3n) is 3.75. The number of likely N-dealkylation sites (tertiary alicyclic amines) is 1. The molecule has 0 amide bonds. The number of halogens is 6. The van der Waals surface area contributed by atoms with E-state index in [0.29, 0.717) is 5.56 Å². The van der Waals surface area contributed by atoms with Gasteiger partial charge in [0.25, 0.3) is 0 Å². The third kappa shape index (κ3) is 4.47. The van der Waals surface area contributed by atoms with Crippen LogP contribution in [0, 0.1) is 11.8 Å². The van der Waals surface area contributed by atoms with E-state index in [0.717, 1.165) is 0 Å². The molecular weight excluding hydrogens is 361 g/mol. The molecular formula is C14H13ClF5NO3. The molecule has 2 rings (SSSR count). The van der Waals surface area contributed by atoms with E-state index in [1.165, 1.54) is 23.1 Å². The molecule has 134 valence electrons. The average molecular weight is 374 g/mol. The van der Waals surface area contributed by atoms with Crippen molar-refractivity contribution in [1.82, 2.24) is 4.90 Å². The topological polar surface area (TPSA) is 49.8 Å². The Labute approximate surface area is 138 Å². The Morgan fingerprint density at radius 2 is 2.04 bits per heavy atom. The number of aliphatic carboxylic acids is 1. The second-order valence-corrected chi connectivity index (χ2v) is 5.84. The van der Waals surface area contributed by atoms with Crippen LogP contribution in [-0.4, -0.2) is 41.9 Å². The summed E-state index contributed by atoms with van der Waals surface area (Å²) >= 11 is 5.79. The van der Waals surface area contributed by atoms with Crippen molar-refractivity contribution in [2.45, 2.75) is 19.3 Å². The molecule has 1 aromatic rings. The van der Waals surface area contributed by atoms with Crippen LogP contribution in [0.15, 0.2) is 18.2 Å². The van der Waals surface area contributed by atoms with Gasteiger partial charge in [0.05, 0.1) is 16.9 Å². The number of hydrogen-bond donors (Lipinski definition) is 1. The predicted octanol–water partition coefficient (Wildman–Crippen LogP) is 3.64. The summed E-state index contributed by atoms with van der Waals surface area (Å²) in [6, 6.07) is 3.88. The van der Waals surface area contributed by atoms with Crippen LogP contribution in [-0.2, 0) is 11.3 Å². The van der Waals surface area contributed by atoms with E-state index in [-0.39, 0.29) is 23.9 Å². The number of carboxylic acid groups (broad SMARTS) is 1. The Morgan fingerprint density at radius 3 is 2.50 bits per heavy atom. The minimum absolute atomic E-state index is 0.0189. The van der Waals surface area contributed by atoms with Crippen molar-refractivity contribution in [3.8, 4) is 5.75 Å². The Kier molecular flexibility index (Phi) is 5.54. The highest BCUT2D eigenvalue weighted by Crippen LogP contribution is 2.38. The van der Waals surface area contributed by atoms with E-state index in [9.17, 15) is 26.7 Å². The lowest BCUT2D eigenvalue weighted by molar-refractivity contribution is -0.188. The van der Waals surface area contributed by atoms with E-state index in [1.807, 2.05) is 0 Å². The molecule has 1 N–H and O–H groups in total. The molecule has 1 aliphatic heterocycles. The number of rotatable bonds is 5. The van der Waals surface area contributed by atoms with Gasteiger partial charge in [-0.15, -0.1) is 0 Å². The fourth-order valence-electron chi connectivity index (χ4n) is 2.69. The number of hydrogen-bond acceptors (Lipinski definition) is 3. The molecule has 2 atom stereocenters. The summed E-state index contributed by atoms with van der Waals surface area (Å²) in [6.45, 7) is -3.74. The maximum absolute atomic E-state index is 12.9. The van der Waals surface area contributed by atoms with Crippen LogP contribution in [0.4, 0.5) is 22.0 Å². The second kappa shape index (κ2) is 7.10. The molecule has 0 unspecified atom stereocenters. The summed E-state index contributed by atoms with van der Waals surface area (Å²) in [6.07, 6.45) is -4.61. The van der Waals surface area contributed by atoms with Crippen molar-refractivity contribution < 1.29 is 36.6 Å². The van der Waals surface area contributed by atoms with Gasteiger partial charge in [0.1, 0.15) is 5.75 Å². The van der Waals surface area contributed by atoms with Crippen LogP contribution in [0.25, 0.3) is 0 Å². The molecule has 0 bridgehead atoms. The normalized spacial score (nSPS) is 22.1. The quantitative estimate of drug-likeness (QED) is 0.801. The zero-order chi connectivity index (χ0) is 18.1. The fraction of sp³-hybridized carbons (Fsp3) is 0.500. The van der Waals surface area contributed by atoms with Crippen molar-refractivity contribution in [3.05, 3.63) is 28.8 Å². The Bertz CT molecular complexity index is 611. The van der Waals surface area contributed by atoms with Crippen molar-refractivity contribution in [2.75, 3.05) is 13.1 Å². The average Bonchev–Trinajstić information content (AvgIpc) is 2.85. The molecule has 0 aromatic heterocycles. The smallest absolute Gasteiger partial charge is 0.393 e. The molecule has 1 heterocycles. The van der Waals surface area contributed by atoms with Gasteiger partial charge < -0.3 is 9.84 Å². The molecule has 1 fully saturated rings. The minimum Gasteiger partial charge on any atom is -0.481 e. The Morgan fingerprint density at radius 1 is 1.38 bits per heavy atom. The molecule has 0 radical (unpaired) electrons. The first-order valence-electron chi connectivity index (χ1n) is 6.83. The highest BCUT2D eigenvalue weighted by atomic mass is 35.5. The maximum atomic E-state index is 12.9. The molecule has 0 aliphatic carbocycles. The van der Waals surface area contributed by atoms with Gasteiger partial charge in [0, 0.05) is 19.6 Å². The summed E-state index contributed by atoms with van der Waals surface area (Å²) in [5, 5.41) is 8.86. The second-order valence-electron chi connectivity index (χ2n) is 5.43. The van der Waals surface area contributed by atoms with Crippen molar-refractivity contribution in [3.63, 3.8) is 0 Å². The lowest BCUT2D eigenvalue weighted by Crippen LogP contribution is -2.33. The standard InChI is InChI=1S/C14H13ClF5NO3/c15-10-3-7(1-2-11(10)24-13(16)17)4-21-5-8(12(22)23)9(6-21)14(18,19)20/h1-3,8-9,13H,4-6H2,(H,22,23)/t8-,9-/m1/s1. The van der Waals surface area contributed by atoms with Crippen LogP contribution in [0.3, 0.4) is 0 Å². The maximum Gasteiger partial charge on any atom is 0.393 e. The molecule has 24 heavy (non-hydrogen) atoms. The fourth-order valence-corrected chi connectivity index (χ4v) is 2.94. The van der Waals surface area contributed by atoms with Crippen molar-refractivity contribution in [2.24, 2.45) is 11.8 Å². The number of benzene rings is 1. The molecule has 1 saturated heterocycles. The van der Waals surface area contributed by atoms with Crippen LogP contribution < -0.4 is 4.74 Å². The molecule has 1 aromatic carbocycles. The van der Waals surface area contributed by atoms with Gasteiger partial charge in [-0.25, -0.2) is 0 Å². The van der Waals surface area contributed by atoms with Gasteiger partial charge in [0.2, 0.25) is 0 Å². The highest BCUT2D eigenvalue weighted by Gasteiger charge is 2.52. The summed E-state index contributed by atoms with van der Waals surface area (Å²) in [5.74, 6) is -5.24. The van der Waals surface area contributed by atoms with Crippen LogP contribution in [0.1, 0.15) is 5.56 Å². The molecule has 1 aliphatic rings. The first-order chi connectivity index (χ1) is 11.1. The van der Waals surface area contributed by atoms with Crippen molar-refractivity contribution >= 4 is 17.6 Å². The van der Waals surface area contributed by atoms with E-state index < -0.39 is 37.1 Å².